The van der Waals surface area contributed by atoms with Gasteiger partial charge in [0.2, 0.25) is 0 Å². The minimum Gasteiger partial charge on any atom is -0.481 e. The van der Waals surface area contributed by atoms with Crippen LogP contribution < -0.4 is 5.32 Å². The van der Waals surface area contributed by atoms with Gasteiger partial charge in [0.05, 0.1) is 12.5 Å². The molecule has 0 bridgehead atoms. The number of carboxylic acids is 1. The fourth-order valence-electron chi connectivity index (χ4n) is 2.95. The van der Waals surface area contributed by atoms with Crippen LogP contribution in [0.15, 0.2) is 24.3 Å². The lowest BCUT2D eigenvalue weighted by atomic mass is 9.82. The largest absolute Gasteiger partial charge is 0.481 e. The van der Waals surface area contributed by atoms with Crippen LogP contribution in [-0.4, -0.2) is 24.7 Å². The molecule has 0 radical (unpaired) electrons. The number of benzene rings is 1. The third-order valence-electron chi connectivity index (χ3n) is 4.29. The zero-order valence-electron chi connectivity index (χ0n) is 12.7. The van der Waals surface area contributed by atoms with Crippen molar-refractivity contribution in [1.29, 1.82) is 0 Å². The second kappa shape index (κ2) is 8.15. The molecular formula is C17H25NO3. The molecule has 1 fully saturated rings. The van der Waals surface area contributed by atoms with E-state index < -0.39 is 5.97 Å². The molecule has 1 saturated carbocycles. The molecule has 116 valence electrons. The smallest absolute Gasteiger partial charge is 0.306 e. The van der Waals surface area contributed by atoms with E-state index in [9.17, 15) is 4.79 Å². The summed E-state index contributed by atoms with van der Waals surface area (Å²) >= 11 is 0. The lowest BCUT2D eigenvalue weighted by Crippen LogP contribution is -2.28. The van der Waals surface area contributed by atoms with Gasteiger partial charge in [-0.3, -0.25) is 4.79 Å². The van der Waals surface area contributed by atoms with E-state index in [0.29, 0.717) is 12.5 Å². The van der Waals surface area contributed by atoms with Gasteiger partial charge in [-0.1, -0.05) is 24.3 Å². The van der Waals surface area contributed by atoms with Gasteiger partial charge in [-0.15, -0.1) is 0 Å². The van der Waals surface area contributed by atoms with Gasteiger partial charge >= 0.3 is 5.97 Å². The normalized spacial score (nSPS) is 22.1. The minimum atomic E-state index is -0.627. The summed E-state index contributed by atoms with van der Waals surface area (Å²) in [5, 5.41) is 12.5. The predicted molar refractivity (Wildman–Crippen MR) is 81.9 cm³/mol. The van der Waals surface area contributed by atoms with Gasteiger partial charge in [0.15, 0.2) is 0 Å². The van der Waals surface area contributed by atoms with Crippen molar-refractivity contribution >= 4 is 5.97 Å². The first-order valence-corrected chi connectivity index (χ1v) is 7.69. The van der Waals surface area contributed by atoms with Crippen molar-refractivity contribution in [3.05, 3.63) is 35.4 Å². The fourth-order valence-corrected chi connectivity index (χ4v) is 2.95. The van der Waals surface area contributed by atoms with E-state index in [0.717, 1.165) is 38.8 Å². The molecule has 1 aromatic rings. The maximum absolute atomic E-state index is 10.9. The molecule has 2 rings (SSSR count). The van der Waals surface area contributed by atoms with Gasteiger partial charge in [0.25, 0.3) is 0 Å². The molecule has 0 aromatic heterocycles. The van der Waals surface area contributed by atoms with Crippen LogP contribution in [0.3, 0.4) is 0 Å². The Morgan fingerprint density at radius 1 is 1.19 bits per heavy atom. The van der Waals surface area contributed by atoms with E-state index in [4.69, 9.17) is 9.84 Å². The highest BCUT2D eigenvalue weighted by molar-refractivity contribution is 5.69. The summed E-state index contributed by atoms with van der Waals surface area (Å²) < 4.78 is 5.10. The zero-order chi connectivity index (χ0) is 15.1. The van der Waals surface area contributed by atoms with Crippen molar-refractivity contribution < 1.29 is 14.6 Å². The summed E-state index contributed by atoms with van der Waals surface area (Å²) in [7, 11) is 1.70. The van der Waals surface area contributed by atoms with E-state index in [-0.39, 0.29) is 5.92 Å². The van der Waals surface area contributed by atoms with Gasteiger partial charge in [0.1, 0.15) is 0 Å². The molecule has 0 heterocycles. The number of ether oxygens (including phenoxy) is 1. The van der Waals surface area contributed by atoms with Gasteiger partial charge in [-0.25, -0.2) is 0 Å². The first-order chi connectivity index (χ1) is 10.2. The van der Waals surface area contributed by atoms with E-state index in [1.807, 2.05) is 0 Å². The van der Waals surface area contributed by atoms with Crippen LogP contribution in [0.2, 0.25) is 0 Å². The second-order valence-electron chi connectivity index (χ2n) is 5.94. The highest BCUT2D eigenvalue weighted by Gasteiger charge is 2.25. The first kappa shape index (κ1) is 16.0. The Morgan fingerprint density at radius 2 is 1.81 bits per heavy atom. The Kier molecular flexibility index (Phi) is 6.21. The number of carbonyl (C=O) groups is 1. The van der Waals surface area contributed by atoms with Crippen LogP contribution in [0.5, 0.6) is 0 Å². The molecule has 4 heteroatoms. The molecule has 0 amide bonds. The topological polar surface area (TPSA) is 58.6 Å². The molecular weight excluding hydrogens is 266 g/mol. The van der Waals surface area contributed by atoms with Crippen LogP contribution in [0.4, 0.5) is 0 Å². The summed E-state index contributed by atoms with van der Waals surface area (Å²) in [6.07, 6.45) is 3.70. The summed E-state index contributed by atoms with van der Waals surface area (Å²) in [5.41, 5.74) is 2.46. The van der Waals surface area contributed by atoms with Gasteiger partial charge in [-0.05, 0) is 49.3 Å². The van der Waals surface area contributed by atoms with Crippen LogP contribution in [-0.2, 0) is 22.7 Å². The highest BCUT2D eigenvalue weighted by atomic mass is 16.5. The molecule has 1 aliphatic rings. The zero-order valence-corrected chi connectivity index (χ0v) is 12.7. The summed E-state index contributed by atoms with van der Waals surface area (Å²) in [5.74, 6) is -0.125. The van der Waals surface area contributed by atoms with Gasteiger partial charge in [-0.2, -0.15) is 0 Å². The van der Waals surface area contributed by atoms with E-state index >= 15 is 0 Å². The molecule has 2 N–H and O–H groups in total. The van der Waals surface area contributed by atoms with Crippen LogP contribution in [0.1, 0.15) is 36.8 Å². The third-order valence-corrected chi connectivity index (χ3v) is 4.29. The Balaban J connectivity index is 1.66. The van der Waals surface area contributed by atoms with Crippen LogP contribution >= 0.6 is 0 Å². The van der Waals surface area contributed by atoms with Crippen molar-refractivity contribution in [2.75, 3.05) is 13.7 Å². The summed E-state index contributed by atoms with van der Waals surface area (Å²) in [6, 6.07) is 8.45. The highest BCUT2D eigenvalue weighted by Crippen LogP contribution is 2.28. The Labute approximate surface area is 126 Å². The number of hydrogen-bond donors (Lipinski definition) is 2. The standard InChI is InChI=1S/C17H25NO3/c1-21-12-15-4-2-13(3-5-15)10-18-11-14-6-8-16(9-7-14)17(19)20/h2-5,14,16,18H,6-12H2,1H3,(H,19,20). The molecule has 4 nitrogen and oxygen atoms in total. The monoisotopic (exact) mass is 291 g/mol. The number of aliphatic carboxylic acids is 1. The van der Waals surface area contributed by atoms with Gasteiger partial charge < -0.3 is 15.2 Å². The SMILES string of the molecule is COCc1ccc(CNCC2CCC(C(=O)O)CC2)cc1. The molecule has 1 aliphatic carbocycles. The first-order valence-electron chi connectivity index (χ1n) is 7.69. The van der Waals surface area contributed by atoms with Crippen molar-refractivity contribution in [2.45, 2.75) is 38.8 Å². The predicted octanol–water partition coefficient (Wildman–Crippen LogP) is 2.81. The maximum Gasteiger partial charge on any atom is 0.306 e. The lowest BCUT2D eigenvalue weighted by Gasteiger charge is -2.26. The minimum absolute atomic E-state index is 0.116. The van der Waals surface area contributed by atoms with E-state index in [2.05, 4.69) is 29.6 Å². The molecule has 0 aliphatic heterocycles. The second-order valence-corrected chi connectivity index (χ2v) is 5.94. The average Bonchev–Trinajstić information content (AvgIpc) is 2.50. The number of carboxylic acid groups (broad SMARTS) is 1. The van der Waals surface area contributed by atoms with Crippen molar-refractivity contribution in [1.82, 2.24) is 5.32 Å². The lowest BCUT2D eigenvalue weighted by molar-refractivity contribution is -0.143. The number of methoxy groups -OCH3 is 1. The van der Waals surface area contributed by atoms with Crippen molar-refractivity contribution in [3.63, 3.8) is 0 Å². The van der Waals surface area contributed by atoms with Crippen molar-refractivity contribution in [3.8, 4) is 0 Å². The van der Waals surface area contributed by atoms with Crippen LogP contribution in [0, 0.1) is 11.8 Å². The number of nitrogens with one attached hydrogen (secondary N) is 1. The molecule has 0 unspecified atom stereocenters. The van der Waals surface area contributed by atoms with E-state index in [1.165, 1.54) is 11.1 Å². The van der Waals surface area contributed by atoms with Gasteiger partial charge in [0, 0.05) is 13.7 Å². The summed E-state index contributed by atoms with van der Waals surface area (Å²) in [4.78, 5) is 10.9. The fraction of sp³-hybridized carbons (Fsp3) is 0.588. The Hall–Kier alpha value is -1.39. The molecule has 21 heavy (non-hydrogen) atoms. The molecule has 0 saturated heterocycles. The third kappa shape index (κ3) is 5.14. The Bertz CT molecular complexity index is 436. The quantitative estimate of drug-likeness (QED) is 0.811. The molecule has 1 aromatic carbocycles. The average molecular weight is 291 g/mol. The summed E-state index contributed by atoms with van der Waals surface area (Å²) in [6.45, 7) is 2.50. The molecule has 0 spiro atoms. The number of hydrogen-bond acceptors (Lipinski definition) is 3. The van der Waals surface area contributed by atoms with Crippen LogP contribution in [0.25, 0.3) is 0 Å². The Morgan fingerprint density at radius 3 is 2.38 bits per heavy atom. The van der Waals surface area contributed by atoms with E-state index in [1.54, 1.807) is 7.11 Å². The maximum atomic E-state index is 10.9. The number of rotatable bonds is 7. The van der Waals surface area contributed by atoms with Crippen molar-refractivity contribution in [2.24, 2.45) is 11.8 Å². The molecule has 0 atom stereocenters.